The van der Waals surface area contributed by atoms with E-state index in [2.05, 4.69) is 20.6 Å². The molecule has 0 spiro atoms. The van der Waals surface area contributed by atoms with Crippen molar-refractivity contribution in [2.24, 2.45) is 5.10 Å². The molecule has 0 radical (unpaired) electrons. The Morgan fingerprint density at radius 3 is 2.48 bits per heavy atom. The summed E-state index contributed by atoms with van der Waals surface area (Å²) in [5.74, 6) is 0.722. The Bertz CT molecular complexity index is 1280. The van der Waals surface area contributed by atoms with Gasteiger partial charge in [-0.2, -0.15) is 9.78 Å². The van der Waals surface area contributed by atoms with Crippen molar-refractivity contribution in [3.63, 3.8) is 0 Å². The van der Waals surface area contributed by atoms with Crippen LogP contribution in [0.1, 0.15) is 34.9 Å². The predicted octanol–water partition coefficient (Wildman–Crippen LogP) is 4.34. The molecule has 1 aliphatic rings. The largest absolute Gasteiger partial charge is 0.467 e. The van der Waals surface area contributed by atoms with Gasteiger partial charge in [0.25, 0.3) is 5.91 Å². The molecule has 0 N–H and O–H groups in total. The molecule has 0 fully saturated rings. The van der Waals surface area contributed by atoms with Crippen molar-refractivity contribution in [3.05, 3.63) is 89.4 Å². The molecular weight excluding hydrogens is 436 g/mol. The summed E-state index contributed by atoms with van der Waals surface area (Å²) in [6.07, 6.45) is 2.21. The minimum absolute atomic E-state index is 0.137. The molecule has 2 aromatic heterocycles. The smallest absolute Gasteiger partial charge is 0.253 e. The van der Waals surface area contributed by atoms with Crippen LogP contribution in [0, 0.1) is 13.8 Å². The summed E-state index contributed by atoms with van der Waals surface area (Å²) in [5, 5.41) is 18.7. The van der Waals surface area contributed by atoms with E-state index in [4.69, 9.17) is 4.42 Å². The van der Waals surface area contributed by atoms with Crippen molar-refractivity contribution in [2.75, 3.05) is 5.75 Å². The number of hydrogen-bond acceptors (Lipinski definition) is 7. The fraction of sp³-hybridized carbons (Fsp3) is 0.208. The molecule has 8 nitrogen and oxygen atoms in total. The van der Waals surface area contributed by atoms with Crippen LogP contribution in [-0.2, 0) is 4.79 Å². The Morgan fingerprint density at radius 2 is 1.79 bits per heavy atom. The van der Waals surface area contributed by atoms with Crippen LogP contribution in [0.5, 0.6) is 0 Å². The van der Waals surface area contributed by atoms with E-state index in [1.165, 1.54) is 22.3 Å². The maximum atomic E-state index is 13.2. The van der Waals surface area contributed by atoms with Gasteiger partial charge in [0.15, 0.2) is 0 Å². The predicted molar refractivity (Wildman–Crippen MR) is 125 cm³/mol. The molecule has 1 atom stereocenters. The highest BCUT2D eigenvalue weighted by Gasteiger charge is 2.35. The molecule has 1 amide bonds. The minimum Gasteiger partial charge on any atom is -0.467 e. The summed E-state index contributed by atoms with van der Waals surface area (Å²) >= 11 is 1.28. The maximum absolute atomic E-state index is 13.2. The number of hydrazone groups is 1. The van der Waals surface area contributed by atoms with Crippen LogP contribution in [-0.4, -0.2) is 42.6 Å². The SMILES string of the molecule is Cc1ccc(C2=NN(C(=O)CSc3nnnn3-c3ccc(C)cc3)C(c3ccco3)C2)cc1. The molecule has 1 unspecified atom stereocenters. The van der Waals surface area contributed by atoms with E-state index in [0.717, 1.165) is 22.5 Å². The van der Waals surface area contributed by atoms with E-state index in [9.17, 15) is 4.79 Å². The number of aromatic nitrogens is 4. The van der Waals surface area contributed by atoms with Gasteiger partial charge in [0.05, 0.1) is 23.4 Å². The Balaban J connectivity index is 1.36. The van der Waals surface area contributed by atoms with E-state index in [-0.39, 0.29) is 17.7 Å². The number of carbonyl (C=O) groups is 1. The van der Waals surface area contributed by atoms with Gasteiger partial charge in [-0.1, -0.05) is 59.3 Å². The summed E-state index contributed by atoms with van der Waals surface area (Å²) in [6.45, 7) is 4.07. The van der Waals surface area contributed by atoms with Gasteiger partial charge in [0.2, 0.25) is 5.16 Å². The average Bonchev–Trinajstić information content (AvgIpc) is 3.59. The quantitative estimate of drug-likeness (QED) is 0.399. The number of carbonyl (C=O) groups excluding carboxylic acids is 1. The molecule has 4 aromatic rings. The van der Waals surface area contributed by atoms with E-state index in [1.807, 2.05) is 74.5 Å². The van der Waals surface area contributed by atoms with Crippen molar-refractivity contribution in [2.45, 2.75) is 31.5 Å². The van der Waals surface area contributed by atoms with Gasteiger partial charge in [-0.25, -0.2) is 5.01 Å². The van der Waals surface area contributed by atoms with Crippen LogP contribution in [0.2, 0.25) is 0 Å². The number of nitrogens with zero attached hydrogens (tertiary/aromatic N) is 6. The molecule has 33 heavy (non-hydrogen) atoms. The number of furan rings is 1. The minimum atomic E-state index is -0.280. The lowest BCUT2D eigenvalue weighted by Gasteiger charge is -2.19. The second kappa shape index (κ2) is 9.03. The molecule has 9 heteroatoms. The van der Waals surface area contributed by atoms with E-state index < -0.39 is 0 Å². The highest BCUT2D eigenvalue weighted by molar-refractivity contribution is 7.99. The number of tetrazole rings is 1. The first-order valence-corrected chi connectivity index (χ1v) is 11.6. The highest BCUT2D eigenvalue weighted by Crippen LogP contribution is 2.34. The lowest BCUT2D eigenvalue weighted by Crippen LogP contribution is -2.28. The van der Waals surface area contributed by atoms with Crippen LogP contribution in [0.15, 0.2) is 81.6 Å². The molecule has 3 heterocycles. The molecular formula is C24H22N6O2S. The number of rotatable bonds is 6. The summed E-state index contributed by atoms with van der Waals surface area (Å²) in [7, 11) is 0. The Morgan fingerprint density at radius 1 is 1.06 bits per heavy atom. The third kappa shape index (κ3) is 4.45. The van der Waals surface area contributed by atoms with Crippen LogP contribution in [0.4, 0.5) is 0 Å². The second-order valence-electron chi connectivity index (χ2n) is 7.88. The van der Waals surface area contributed by atoms with Gasteiger partial charge < -0.3 is 4.42 Å². The van der Waals surface area contributed by atoms with Crippen LogP contribution in [0.25, 0.3) is 5.69 Å². The van der Waals surface area contributed by atoms with Crippen molar-refractivity contribution in [3.8, 4) is 5.69 Å². The van der Waals surface area contributed by atoms with E-state index >= 15 is 0 Å². The first kappa shape index (κ1) is 21.1. The molecule has 0 aliphatic carbocycles. The number of hydrogen-bond donors (Lipinski definition) is 0. The summed E-state index contributed by atoms with van der Waals surface area (Å²) in [6, 6.07) is 19.5. The third-order valence-electron chi connectivity index (χ3n) is 5.47. The number of thioether (sulfide) groups is 1. The van der Waals surface area contributed by atoms with E-state index in [1.54, 1.807) is 10.9 Å². The van der Waals surface area contributed by atoms with Crippen molar-refractivity contribution in [1.82, 2.24) is 25.2 Å². The van der Waals surface area contributed by atoms with Gasteiger partial charge in [-0.15, -0.1) is 5.10 Å². The zero-order valence-corrected chi connectivity index (χ0v) is 19.1. The monoisotopic (exact) mass is 458 g/mol. The molecule has 5 rings (SSSR count). The summed E-state index contributed by atoms with van der Waals surface area (Å²) in [4.78, 5) is 13.2. The molecule has 0 saturated heterocycles. The Labute approximate surface area is 195 Å². The Kier molecular flexibility index (Phi) is 5.78. The molecule has 2 aromatic carbocycles. The lowest BCUT2D eigenvalue weighted by atomic mass is 10.0. The van der Waals surface area contributed by atoms with Crippen LogP contribution in [0.3, 0.4) is 0 Å². The Hall–Kier alpha value is -3.72. The average molecular weight is 459 g/mol. The molecule has 0 saturated carbocycles. The second-order valence-corrected chi connectivity index (χ2v) is 8.83. The fourth-order valence-electron chi connectivity index (χ4n) is 3.67. The first-order valence-electron chi connectivity index (χ1n) is 10.6. The fourth-order valence-corrected chi connectivity index (χ4v) is 4.42. The number of amides is 1. The zero-order chi connectivity index (χ0) is 22.8. The third-order valence-corrected chi connectivity index (χ3v) is 6.37. The highest BCUT2D eigenvalue weighted by atomic mass is 32.2. The van der Waals surface area contributed by atoms with Gasteiger partial charge in [0.1, 0.15) is 11.8 Å². The molecule has 0 bridgehead atoms. The molecule has 166 valence electrons. The lowest BCUT2D eigenvalue weighted by molar-refractivity contribution is -0.130. The van der Waals surface area contributed by atoms with Gasteiger partial charge >= 0.3 is 0 Å². The van der Waals surface area contributed by atoms with Gasteiger partial charge in [-0.05, 0) is 54.1 Å². The van der Waals surface area contributed by atoms with Crippen molar-refractivity contribution >= 4 is 23.4 Å². The number of aryl methyl sites for hydroxylation is 2. The van der Waals surface area contributed by atoms with Gasteiger partial charge in [-0.3, -0.25) is 4.79 Å². The van der Waals surface area contributed by atoms with Gasteiger partial charge in [0, 0.05) is 6.42 Å². The summed E-state index contributed by atoms with van der Waals surface area (Å²) < 4.78 is 7.26. The van der Waals surface area contributed by atoms with Crippen LogP contribution < -0.4 is 0 Å². The normalized spacial score (nSPS) is 15.6. The molecule has 1 aliphatic heterocycles. The topological polar surface area (TPSA) is 89.4 Å². The van der Waals surface area contributed by atoms with Crippen LogP contribution >= 0.6 is 11.8 Å². The standard InChI is InChI=1S/C24H22N6O2S/c1-16-5-9-18(10-6-16)20-14-21(22-4-3-13-32-22)30(26-20)23(31)15-33-24-25-27-28-29(24)19-11-7-17(2)8-12-19/h3-13,21H,14-15H2,1-2H3. The summed E-state index contributed by atoms with van der Waals surface area (Å²) in [5.41, 5.74) is 5.03. The van der Waals surface area contributed by atoms with E-state index in [0.29, 0.717) is 17.3 Å². The number of benzene rings is 2. The van der Waals surface area contributed by atoms with Crippen molar-refractivity contribution < 1.29 is 9.21 Å². The maximum Gasteiger partial charge on any atom is 0.253 e. The first-order chi connectivity index (χ1) is 16.1. The zero-order valence-electron chi connectivity index (χ0n) is 18.3. The van der Waals surface area contributed by atoms with Crippen molar-refractivity contribution in [1.29, 1.82) is 0 Å².